The van der Waals surface area contributed by atoms with E-state index in [9.17, 15) is 4.79 Å². The van der Waals surface area contributed by atoms with Crippen LogP contribution in [0.25, 0.3) is 0 Å². The van der Waals surface area contributed by atoms with Crippen LogP contribution in [0.3, 0.4) is 0 Å². The highest BCUT2D eigenvalue weighted by molar-refractivity contribution is 14.0. The molecular weight excluding hydrogens is 471 g/mol. The zero-order chi connectivity index (χ0) is 15.8. The Morgan fingerprint density at radius 1 is 1.22 bits per heavy atom. The van der Waals surface area contributed by atoms with E-state index in [2.05, 4.69) is 31.6 Å². The molecule has 0 bridgehead atoms. The summed E-state index contributed by atoms with van der Waals surface area (Å²) in [6.45, 7) is 0.397. The molecule has 1 aliphatic carbocycles. The largest absolute Gasteiger partial charge is 0.370 e. The number of hydrogen-bond donors (Lipinski definition) is 3. The number of nitrogens with zero attached hydrogens (tertiary/aromatic N) is 1. The highest BCUT2D eigenvalue weighted by Gasteiger charge is 2.13. The van der Waals surface area contributed by atoms with Crippen LogP contribution in [0, 0.1) is 0 Å². The summed E-state index contributed by atoms with van der Waals surface area (Å²) in [6, 6.07) is 7.92. The SMILES string of the molecule is I.NC(=NCCC(=O)Nc1ccc(Br)cc1)NC1CCCCC1. The van der Waals surface area contributed by atoms with Crippen molar-refractivity contribution in [1.82, 2.24) is 5.32 Å². The monoisotopic (exact) mass is 494 g/mol. The number of benzene rings is 1. The molecule has 0 saturated heterocycles. The Morgan fingerprint density at radius 3 is 2.52 bits per heavy atom. The molecule has 128 valence electrons. The maximum Gasteiger partial charge on any atom is 0.226 e. The Balaban J connectivity index is 0.00000264. The molecule has 7 heteroatoms. The molecule has 4 N–H and O–H groups in total. The molecule has 0 aromatic heterocycles. The lowest BCUT2D eigenvalue weighted by Crippen LogP contribution is -2.41. The summed E-state index contributed by atoms with van der Waals surface area (Å²) in [7, 11) is 0. The summed E-state index contributed by atoms with van der Waals surface area (Å²) < 4.78 is 0.983. The lowest BCUT2D eigenvalue weighted by molar-refractivity contribution is -0.116. The van der Waals surface area contributed by atoms with Crippen molar-refractivity contribution in [2.75, 3.05) is 11.9 Å². The summed E-state index contributed by atoms with van der Waals surface area (Å²) in [6.07, 6.45) is 6.44. The molecule has 1 fully saturated rings. The smallest absolute Gasteiger partial charge is 0.226 e. The molecule has 23 heavy (non-hydrogen) atoms. The molecule has 0 aliphatic heterocycles. The van der Waals surface area contributed by atoms with Gasteiger partial charge in [0, 0.05) is 22.6 Å². The molecular formula is C16H24BrIN4O. The van der Waals surface area contributed by atoms with Gasteiger partial charge in [-0.3, -0.25) is 9.79 Å². The van der Waals surface area contributed by atoms with Gasteiger partial charge in [0.1, 0.15) is 0 Å². The maximum atomic E-state index is 11.8. The van der Waals surface area contributed by atoms with E-state index in [0.717, 1.165) is 23.0 Å². The first-order chi connectivity index (χ1) is 10.6. The Morgan fingerprint density at radius 2 is 1.87 bits per heavy atom. The normalized spacial score (nSPS) is 15.6. The van der Waals surface area contributed by atoms with Gasteiger partial charge in [0.25, 0.3) is 0 Å². The van der Waals surface area contributed by atoms with Crippen LogP contribution in [0.2, 0.25) is 0 Å². The van der Waals surface area contributed by atoms with Gasteiger partial charge in [0.2, 0.25) is 5.91 Å². The number of guanidine groups is 1. The summed E-state index contributed by atoms with van der Waals surface area (Å²) in [5.41, 5.74) is 6.64. The fraction of sp³-hybridized carbons (Fsp3) is 0.500. The Kier molecular flexibility index (Phi) is 9.54. The van der Waals surface area contributed by atoms with Crippen molar-refractivity contribution < 1.29 is 4.79 Å². The number of halogens is 2. The average Bonchev–Trinajstić information content (AvgIpc) is 2.50. The topological polar surface area (TPSA) is 79.5 Å². The van der Waals surface area contributed by atoms with Gasteiger partial charge < -0.3 is 16.4 Å². The third kappa shape index (κ3) is 8.01. The van der Waals surface area contributed by atoms with Gasteiger partial charge in [0.15, 0.2) is 5.96 Å². The number of rotatable bonds is 5. The standard InChI is InChI=1S/C16H23BrN4O.HI/c17-12-6-8-14(9-7-12)20-15(22)10-11-19-16(18)21-13-4-2-1-3-5-13;/h6-9,13H,1-5,10-11H2,(H,20,22)(H3,18,19,21);1H. The molecule has 0 spiro atoms. The van der Waals surface area contributed by atoms with Crippen molar-refractivity contribution in [2.24, 2.45) is 10.7 Å². The van der Waals surface area contributed by atoms with Crippen LogP contribution < -0.4 is 16.4 Å². The fourth-order valence-corrected chi connectivity index (χ4v) is 2.80. The van der Waals surface area contributed by atoms with Crippen LogP contribution in [0.1, 0.15) is 38.5 Å². The van der Waals surface area contributed by atoms with E-state index >= 15 is 0 Å². The molecule has 1 saturated carbocycles. The summed E-state index contributed by atoms with van der Waals surface area (Å²) in [4.78, 5) is 16.0. The molecule has 2 rings (SSSR count). The molecule has 1 amide bonds. The average molecular weight is 495 g/mol. The van der Waals surface area contributed by atoms with Gasteiger partial charge in [-0.2, -0.15) is 0 Å². The van der Waals surface area contributed by atoms with E-state index in [1.54, 1.807) is 0 Å². The number of anilines is 1. The second kappa shape index (κ2) is 10.9. The third-order valence-electron chi connectivity index (χ3n) is 3.71. The fourth-order valence-electron chi connectivity index (χ4n) is 2.54. The van der Waals surface area contributed by atoms with Gasteiger partial charge in [-0.1, -0.05) is 35.2 Å². The van der Waals surface area contributed by atoms with Crippen molar-refractivity contribution in [1.29, 1.82) is 0 Å². The minimum absolute atomic E-state index is 0. The van der Waals surface area contributed by atoms with Crippen molar-refractivity contribution in [3.63, 3.8) is 0 Å². The Bertz CT molecular complexity index is 515. The molecule has 5 nitrogen and oxygen atoms in total. The Hall–Kier alpha value is -0.830. The van der Waals surface area contributed by atoms with Crippen molar-refractivity contribution in [3.05, 3.63) is 28.7 Å². The predicted molar refractivity (Wildman–Crippen MR) is 109 cm³/mol. The highest BCUT2D eigenvalue weighted by Crippen LogP contribution is 2.17. The first kappa shape index (κ1) is 20.2. The minimum Gasteiger partial charge on any atom is -0.370 e. The van der Waals surface area contributed by atoms with Crippen LogP contribution in [0.15, 0.2) is 33.7 Å². The number of carbonyl (C=O) groups is 1. The summed E-state index contributed by atoms with van der Waals surface area (Å²) in [5.74, 6) is 0.389. The number of amides is 1. The lowest BCUT2D eigenvalue weighted by atomic mass is 9.96. The molecule has 0 heterocycles. The number of hydrogen-bond acceptors (Lipinski definition) is 2. The van der Waals surface area contributed by atoms with Crippen LogP contribution in [0.4, 0.5) is 5.69 Å². The van der Waals surface area contributed by atoms with Crippen LogP contribution in [-0.2, 0) is 4.79 Å². The van der Waals surface area contributed by atoms with Gasteiger partial charge >= 0.3 is 0 Å². The quantitative estimate of drug-likeness (QED) is 0.332. The third-order valence-corrected chi connectivity index (χ3v) is 4.23. The maximum absolute atomic E-state index is 11.8. The van der Waals surface area contributed by atoms with Gasteiger partial charge in [-0.15, -0.1) is 24.0 Å². The number of carbonyl (C=O) groups excluding carboxylic acids is 1. The highest BCUT2D eigenvalue weighted by atomic mass is 127. The van der Waals surface area contributed by atoms with E-state index in [4.69, 9.17) is 5.73 Å². The molecule has 1 aliphatic rings. The van der Waals surface area contributed by atoms with Gasteiger partial charge in [-0.05, 0) is 37.1 Å². The first-order valence-corrected chi connectivity index (χ1v) is 8.54. The second-order valence-corrected chi connectivity index (χ2v) is 6.47. The van der Waals surface area contributed by atoms with Gasteiger partial charge in [0.05, 0.1) is 6.54 Å². The van der Waals surface area contributed by atoms with Crippen LogP contribution in [-0.4, -0.2) is 24.5 Å². The first-order valence-electron chi connectivity index (χ1n) is 7.75. The van der Waals surface area contributed by atoms with E-state index in [-0.39, 0.29) is 29.9 Å². The van der Waals surface area contributed by atoms with E-state index in [1.807, 2.05) is 24.3 Å². The lowest BCUT2D eigenvalue weighted by Gasteiger charge is -2.23. The van der Waals surface area contributed by atoms with E-state index < -0.39 is 0 Å². The molecule has 0 unspecified atom stereocenters. The number of aliphatic imine (C=N–C) groups is 1. The second-order valence-electron chi connectivity index (χ2n) is 5.55. The molecule has 1 aromatic carbocycles. The number of nitrogens with two attached hydrogens (primary N) is 1. The summed E-state index contributed by atoms with van der Waals surface area (Å²) in [5, 5.41) is 6.07. The molecule has 0 atom stereocenters. The van der Waals surface area contributed by atoms with Crippen molar-refractivity contribution >= 4 is 57.5 Å². The Labute approximate surface area is 163 Å². The summed E-state index contributed by atoms with van der Waals surface area (Å²) >= 11 is 3.36. The van der Waals surface area contributed by atoms with E-state index in [1.165, 1.54) is 19.3 Å². The van der Waals surface area contributed by atoms with E-state index in [0.29, 0.717) is 25.0 Å². The van der Waals surface area contributed by atoms with Gasteiger partial charge in [-0.25, -0.2) is 0 Å². The zero-order valence-electron chi connectivity index (χ0n) is 13.1. The zero-order valence-corrected chi connectivity index (χ0v) is 17.0. The molecule has 1 aromatic rings. The van der Waals surface area contributed by atoms with Crippen LogP contribution >= 0.6 is 39.9 Å². The van der Waals surface area contributed by atoms with Crippen LogP contribution in [0.5, 0.6) is 0 Å². The number of nitrogens with one attached hydrogen (secondary N) is 2. The van der Waals surface area contributed by atoms with Crippen molar-refractivity contribution in [2.45, 2.75) is 44.6 Å². The predicted octanol–water partition coefficient (Wildman–Crippen LogP) is 3.63. The molecule has 0 radical (unpaired) electrons. The van der Waals surface area contributed by atoms with Crippen molar-refractivity contribution in [3.8, 4) is 0 Å². The minimum atomic E-state index is -0.0588.